The number of nitrogens with zero attached hydrogens (tertiary/aromatic N) is 1. The van der Waals surface area contributed by atoms with E-state index in [1.54, 1.807) is 7.05 Å². The van der Waals surface area contributed by atoms with Gasteiger partial charge in [0, 0.05) is 26.7 Å². The van der Waals surface area contributed by atoms with Gasteiger partial charge in [0.15, 0.2) is 0 Å². The molecule has 4 nitrogen and oxygen atoms in total. The van der Waals surface area contributed by atoms with Crippen molar-refractivity contribution in [1.29, 1.82) is 0 Å². The lowest BCUT2D eigenvalue weighted by atomic mass is 10.1. The lowest BCUT2D eigenvalue weighted by Crippen LogP contribution is -2.37. The topological polar surface area (TPSA) is 41.6 Å². The Balaban J connectivity index is 1.65. The number of ether oxygens (including phenoxy) is 1. The molecule has 25 heavy (non-hydrogen) atoms. The third-order valence-corrected chi connectivity index (χ3v) is 4.30. The van der Waals surface area contributed by atoms with Crippen LogP contribution in [0.5, 0.6) is 0 Å². The molecule has 0 spiro atoms. The first kappa shape index (κ1) is 19.6. The van der Waals surface area contributed by atoms with Gasteiger partial charge in [0.2, 0.25) is 0 Å². The summed E-state index contributed by atoms with van der Waals surface area (Å²) in [6.45, 7) is 1.71. The van der Waals surface area contributed by atoms with E-state index >= 15 is 0 Å². The lowest BCUT2D eigenvalue weighted by Gasteiger charge is -2.18. The fourth-order valence-corrected chi connectivity index (χ4v) is 2.84. The number of nitrogens with one attached hydrogen (secondary N) is 1. The molecule has 1 N–H and O–H groups in total. The van der Waals surface area contributed by atoms with Crippen LogP contribution in [0.4, 0.5) is 18.0 Å². The highest BCUT2D eigenvalue weighted by Crippen LogP contribution is 2.29. The van der Waals surface area contributed by atoms with Crippen molar-refractivity contribution in [2.45, 2.75) is 50.9 Å². The van der Waals surface area contributed by atoms with Gasteiger partial charge in [-0.3, -0.25) is 0 Å². The summed E-state index contributed by atoms with van der Waals surface area (Å²) in [4.78, 5) is 13.5. The second kappa shape index (κ2) is 9.08. The maximum absolute atomic E-state index is 12.5. The molecule has 0 aliphatic carbocycles. The van der Waals surface area contributed by atoms with E-state index in [2.05, 4.69) is 5.32 Å². The number of unbranched alkanes of at least 4 members (excludes halogenated alkanes) is 1. The molecule has 7 heteroatoms. The van der Waals surface area contributed by atoms with Crippen molar-refractivity contribution in [2.24, 2.45) is 0 Å². The van der Waals surface area contributed by atoms with Crippen molar-refractivity contribution in [3.8, 4) is 0 Å². The van der Waals surface area contributed by atoms with Crippen molar-refractivity contribution in [1.82, 2.24) is 10.2 Å². The van der Waals surface area contributed by atoms with Crippen LogP contribution in [0, 0.1) is 0 Å². The highest BCUT2D eigenvalue weighted by molar-refractivity contribution is 5.73. The molecule has 1 fully saturated rings. The minimum Gasteiger partial charge on any atom is -0.378 e. The third-order valence-electron chi connectivity index (χ3n) is 4.30. The molecule has 0 aromatic heterocycles. The summed E-state index contributed by atoms with van der Waals surface area (Å²) >= 11 is 0. The predicted molar refractivity (Wildman–Crippen MR) is 89.1 cm³/mol. The first-order valence-corrected chi connectivity index (χ1v) is 8.63. The maximum Gasteiger partial charge on any atom is 0.416 e. The maximum atomic E-state index is 12.5. The molecule has 1 aliphatic heterocycles. The molecule has 1 aliphatic rings. The Morgan fingerprint density at radius 1 is 1.28 bits per heavy atom. The lowest BCUT2D eigenvalue weighted by molar-refractivity contribution is -0.137. The number of amides is 2. The Morgan fingerprint density at radius 2 is 2.00 bits per heavy atom. The number of rotatable bonds is 7. The van der Waals surface area contributed by atoms with E-state index in [0.29, 0.717) is 18.2 Å². The van der Waals surface area contributed by atoms with Crippen molar-refractivity contribution in [2.75, 3.05) is 20.2 Å². The monoisotopic (exact) mass is 358 g/mol. The normalized spacial score (nSPS) is 17.5. The number of hydrogen-bond donors (Lipinski definition) is 1. The molecule has 1 aromatic rings. The van der Waals surface area contributed by atoms with Gasteiger partial charge in [-0.2, -0.15) is 13.2 Å². The molecule has 2 amide bonds. The van der Waals surface area contributed by atoms with E-state index in [0.717, 1.165) is 50.8 Å². The fourth-order valence-electron chi connectivity index (χ4n) is 2.84. The van der Waals surface area contributed by atoms with Gasteiger partial charge in [-0.25, -0.2) is 4.79 Å². The average Bonchev–Trinajstić information content (AvgIpc) is 3.07. The first-order chi connectivity index (χ1) is 11.9. The van der Waals surface area contributed by atoms with E-state index in [1.165, 1.54) is 17.0 Å². The van der Waals surface area contributed by atoms with Crippen LogP contribution in [0.1, 0.15) is 43.2 Å². The molecular weight excluding hydrogens is 333 g/mol. The number of carbonyl (C=O) groups excluding carboxylic acids is 1. The Bertz CT molecular complexity index is 540. The van der Waals surface area contributed by atoms with E-state index in [-0.39, 0.29) is 12.6 Å². The van der Waals surface area contributed by atoms with Gasteiger partial charge in [0.25, 0.3) is 0 Å². The van der Waals surface area contributed by atoms with Gasteiger partial charge in [-0.05, 0) is 49.8 Å². The highest BCUT2D eigenvalue weighted by atomic mass is 19.4. The second-order valence-electron chi connectivity index (χ2n) is 6.41. The number of hydrogen-bond acceptors (Lipinski definition) is 2. The summed E-state index contributed by atoms with van der Waals surface area (Å²) in [7, 11) is 1.62. The van der Waals surface area contributed by atoms with Crippen LogP contribution in [0.25, 0.3) is 0 Å². The zero-order valence-corrected chi connectivity index (χ0v) is 14.4. The van der Waals surface area contributed by atoms with Crippen LogP contribution >= 0.6 is 0 Å². The smallest absolute Gasteiger partial charge is 0.378 e. The summed E-state index contributed by atoms with van der Waals surface area (Å²) < 4.78 is 43.1. The molecule has 1 aromatic carbocycles. The summed E-state index contributed by atoms with van der Waals surface area (Å²) in [5, 5.41) is 2.83. The van der Waals surface area contributed by atoms with Crippen LogP contribution < -0.4 is 5.32 Å². The summed E-state index contributed by atoms with van der Waals surface area (Å²) in [6.07, 6.45) is 1.21. The Labute approximate surface area is 146 Å². The number of carbonyl (C=O) groups is 1. The van der Waals surface area contributed by atoms with Crippen LogP contribution in [0.3, 0.4) is 0 Å². The second-order valence-corrected chi connectivity index (χ2v) is 6.41. The van der Waals surface area contributed by atoms with Crippen LogP contribution in [0.2, 0.25) is 0 Å². The highest BCUT2D eigenvalue weighted by Gasteiger charge is 2.29. The van der Waals surface area contributed by atoms with E-state index < -0.39 is 11.7 Å². The van der Waals surface area contributed by atoms with Crippen LogP contribution in [0.15, 0.2) is 24.3 Å². The van der Waals surface area contributed by atoms with E-state index in [1.807, 2.05) is 0 Å². The van der Waals surface area contributed by atoms with Crippen LogP contribution in [-0.2, 0) is 17.5 Å². The molecule has 1 heterocycles. The average molecular weight is 358 g/mol. The minimum absolute atomic E-state index is 0.225. The summed E-state index contributed by atoms with van der Waals surface area (Å²) in [5.41, 5.74) is -0.0290. The van der Waals surface area contributed by atoms with Gasteiger partial charge in [0.1, 0.15) is 0 Å². The first-order valence-electron chi connectivity index (χ1n) is 8.63. The minimum atomic E-state index is -4.34. The van der Waals surface area contributed by atoms with Crippen molar-refractivity contribution < 1.29 is 22.7 Å². The predicted octanol–water partition coefficient (Wildman–Crippen LogP) is 4.20. The van der Waals surface area contributed by atoms with Gasteiger partial charge in [-0.15, -0.1) is 0 Å². The van der Waals surface area contributed by atoms with Crippen LogP contribution in [-0.4, -0.2) is 37.2 Å². The van der Waals surface area contributed by atoms with Crippen molar-refractivity contribution in [3.05, 3.63) is 35.4 Å². The van der Waals surface area contributed by atoms with Gasteiger partial charge < -0.3 is 15.0 Å². The molecule has 140 valence electrons. The SMILES string of the molecule is CN(Cc1ccc(C(F)(F)F)cc1)C(=O)NCCCC[C@H]1CCCO1. The molecule has 0 saturated carbocycles. The quantitative estimate of drug-likeness (QED) is 0.743. The molecular formula is C18H25F3N2O2. The number of benzene rings is 1. The van der Waals surface area contributed by atoms with Gasteiger partial charge in [0.05, 0.1) is 11.7 Å². The summed E-state index contributed by atoms with van der Waals surface area (Å²) in [5.74, 6) is 0. The zero-order valence-electron chi connectivity index (χ0n) is 14.4. The molecule has 1 atom stereocenters. The molecule has 0 bridgehead atoms. The van der Waals surface area contributed by atoms with Gasteiger partial charge >= 0.3 is 12.2 Å². The van der Waals surface area contributed by atoms with E-state index in [4.69, 9.17) is 4.74 Å². The molecule has 1 saturated heterocycles. The largest absolute Gasteiger partial charge is 0.416 e. The molecule has 2 rings (SSSR count). The summed E-state index contributed by atoms with van der Waals surface area (Å²) in [6, 6.07) is 4.64. The number of urea groups is 1. The molecule has 0 radical (unpaired) electrons. The van der Waals surface area contributed by atoms with Gasteiger partial charge in [-0.1, -0.05) is 12.1 Å². The fraction of sp³-hybridized carbons (Fsp3) is 0.611. The van der Waals surface area contributed by atoms with E-state index in [9.17, 15) is 18.0 Å². The molecule has 0 unspecified atom stereocenters. The Hall–Kier alpha value is -1.76. The van der Waals surface area contributed by atoms with Crippen molar-refractivity contribution in [3.63, 3.8) is 0 Å². The zero-order chi connectivity index (χ0) is 18.3. The Kier molecular flexibility index (Phi) is 7.11. The third kappa shape index (κ3) is 6.57. The Morgan fingerprint density at radius 3 is 2.60 bits per heavy atom. The standard InChI is InChI=1S/C18H25F3N2O2/c1-23(13-14-7-9-15(10-8-14)18(19,20)21)17(24)22-11-3-2-5-16-6-4-12-25-16/h7-10,16H,2-6,11-13H2,1H3,(H,22,24)/t16-/m0/s1. The number of alkyl halides is 3. The number of halogens is 3. The van der Waals surface area contributed by atoms with Crippen molar-refractivity contribution >= 4 is 6.03 Å².